The molecule has 1 aliphatic rings. The van der Waals surface area contributed by atoms with Crippen molar-refractivity contribution in [2.45, 2.75) is 44.4 Å². The molecular weight excluding hydrogens is 454 g/mol. The minimum absolute atomic E-state index is 0.0245. The second kappa shape index (κ2) is 9.32. The van der Waals surface area contributed by atoms with E-state index in [9.17, 15) is 18.7 Å². The van der Waals surface area contributed by atoms with Crippen molar-refractivity contribution >= 4 is 17.3 Å². The van der Waals surface area contributed by atoms with E-state index >= 15 is 0 Å². The quantitative estimate of drug-likeness (QED) is 0.352. The number of halogens is 2. The van der Waals surface area contributed by atoms with E-state index in [2.05, 4.69) is 10.1 Å². The lowest BCUT2D eigenvalue weighted by molar-refractivity contribution is -0.136. The van der Waals surface area contributed by atoms with E-state index < -0.39 is 17.6 Å². The van der Waals surface area contributed by atoms with Crippen LogP contribution >= 0.6 is 0 Å². The molecule has 7 nitrogen and oxygen atoms in total. The van der Waals surface area contributed by atoms with Crippen LogP contribution in [0.4, 0.5) is 14.6 Å². The zero-order valence-electron chi connectivity index (χ0n) is 18.9. The van der Waals surface area contributed by atoms with Gasteiger partial charge in [0.25, 0.3) is 0 Å². The van der Waals surface area contributed by atoms with Crippen molar-refractivity contribution in [3.63, 3.8) is 0 Å². The number of hydrogen-bond donors (Lipinski definition) is 2. The maximum Gasteiger partial charge on any atom is 0.303 e. The number of aromatic nitrogens is 3. The number of nitrogens with zero attached hydrogens (tertiary/aromatic N) is 3. The minimum Gasteiger partial charge on any atom is -0.481 e. The average molecular weight is 478 g/mol. The van der Waals surface area contributed by atoms with Gasteiger partial charge in [0.1, 0.15) is 35.0 Å². The van der Waals surface area contributed by atoms with Gasteiger partial charge >= 0.3 is 5.97 Å². The maximum absolute atomic E-state index is 13.5. The van der Waals surface area contributed by atoms with Crippen LogP contribution in [0, 0.1) is 11.6 Å². The van der Waals surface area contributed by atoms with Crippen molar-refractivity contribution in [1.29, 1.82) is 0 Å². The number of aliphatic carboxylic acids is 1. The Labute approximate surface area is 200 Å². The zero-order valence-corrected chi connectivity index (χ0v) is 18.9. The molecule has 2 aromatic carbocycles. The molecule has 0 unspecified atom stereocenters. The summed E-state index contributed by atoms with van der Waals surface area (Å²) in [6.07, 6.45) is 5.96. The summed E-state index contributed by atoms with van der Waals surface area (Å²) in [5, 5.41) is 13.9. The number of nitrogen functional groups attached to an aromatic ring is 1. The van der Waals surface area contributed by atoms with E-state index in [0.717, 1.165) is 66.3 Å². The predicted molar refractivity (Wildman–Crippen MR) is 126 cm³/mol. The topological polar surface area (TPSA) is 103 Å². The summed E-state index contributed by atoms with van der Waals surface area (Å²) in [4.78, 5) is 15.7. The second-order valence-electron chi connectivity index (χ2n) is 8.75. The predicted octanol–water partition coefficient (Wildman–Crippen LogP) is 5.72. The van der Waals surface area contributed by atoms with Crippen LogP contribution < -0.4 is 10.5 Å². The highest BCUT2D eigenvalue weighted by Crippen LogP contribution is 2.44. The summed E-state index contributed by atoms with van der Waals surface area (Å²) in [5.41, 5.74) is 10.5. The van der Waals surface area contributed by atoms with Gasteiger partial charge in [-0.1, -0.05) is 25.0 Å². The molecule has 0 atom stereocenters. The molecule has 3 N–H and O–H groups in total. The van der Waals surface area contributed by atoms with Gasteiger partial charge in [-0.05, 0) is 42.5 Å². The molecule has 0 amide bonds. The third-order valence-corrected chi connectivity index (χ3v) is 6.44. The summed E-state index contributed by atoms with van der Waals surface area (Å²) < 4.78 is 34.5. The molecular formula is C26H24F2N4O3. The van der Waals surface area contributed by atoms with E-state index in [0.29, 0.717) is 23.5 Å². The number of hydrogen-bond acceptors (Lipinski definition) is 5. The summed E-state index contributed by atoms with van der Waals surface area (Å²) in [7, 11) is 0. The summed E-state index contributed by atoms with van der Waals surface area (Å²) in [6, 6.07) is 10.0. The smallest absolute Gasteiger partial charge is 0.303 e. The molecule has 1 saturated carbocycles. The van der Waals surface area contributed by atoms with Crippen LogP contribution in [0.3, 0.4) is 0 Å². The van der Waals surface area contributed by atoms with Crippen molar-refractivity contribution in [3.8, 4) is 22.6 Å². The van der Waals surface area contributed by atoms with E-state index in [1.54, 1.807) is 12.1 Å². The Bertz CT molecular complexity index is 1380. The van der Waals surface area contributed by atoms with E-state index in [-0.39, 0.29) is 18.1 Å². The zero-order chi connectivity index (χ0) is 24.5. The van der Waals surface area contributed by atoms with Crippen molar-refractivity contribution < 1.29 is 23.4 Å². The molecule has 2 aromatic heterocycles. The monoisotopic (exact) mass is 478 g/mol. The van der Waals surface area contributed by atoms with Gasteiger partial charge in [-0.2, -0.15) is 5.10 Å². The SMILES string of the molecule is Nc1ncnn2c(C3CCCC3)c(CCC(=O)O)c(-c3ccc(Oc4cc(F)cc(F)c4)cc3)c12. The number of anilines is 1. The van der Waals surface area contributed by atoms with Gasteiger partial charge in [-0.25, -0.2) is 18.3 Å². The van der Waals surface area contributed by atoms with Gasteiger partial charge in [0, 0.05) is 41.8 Å². The van der Waals surface area contributed by atoms with Crippen molar-refractivity contribution in [3.05, 3.63) is 71.7 Å². The van der Waals surface area contributed by atoms with Crippen LogP contribution in [0.15, 0.2) is 48.8 Å². The fourth-order valence-electron chi connectivity index (χ4n) is 5.01. The van der Waals surface area contributed by atoms with Gasteiger partial charge in [0.2, 0.25) is 0 Å². The lowest BCUT2D eigenvalue weighted by atomic mass is 9.92. The highest BCUT2D eigenvalue weighted by molar-refractivity contribution is 5.91. The van der Waals surface area contributed by atoms with E-state index in [1.807, 2.05) is 16.6 Å². The molecule has 180 valence electrons. The first-order chi connectivity index (χ1) is 16.9. The molecule has 0 aliphatic heterocycles. The highest BCUT2D eigenvalue weighted by atomic mass is 19.1. The van der Waals surface area contributed by atoms with Crippen LogP contribution in [0.5, 0.6) is 11.5 Å². The Hall–Kier alpha value is -4.01. The molecule has 0 bridgehead atoms. The maximum atomic E-state index is 13.5. The Balaban J connectivity index is 1.60. The van der Waals surface area contributed by atoms with Crippen molar-refractivity contribution in [2.24, 2.45) is 0 Å². The largest absolute Gasteiger partial charge is 0.481 e. The highest BCUT2D eigenvalue weighted by Gasteiger charge is 2.29. The number of ether oxygens (including phenoxy) is 1. The minimum atomic E-state index is -0.881. The first kappa shape index (κ1) is 22.8. The number of carboxylic acid groups (broad SMARTS) is 1. The van der Waals surface area contributed by atoms with E-state index in [1.165, 1.54) is 6.33 Å². The number of rotatable bonds is 7. The van der Waals surface area contributed by atoms with Crippen molar-refractivity contribution in [2.75, 3.05) is 5.73 Å². The molecule has 35 heavy (non-hydrogen) atoms. The molecule has 1 aliphatic carbocycles. The van der Waals surface area contributed by atoms with Crippen LogP contribution in [0.1, 0.15) is 49.3 Å². The number of fused-ring (bicyclic) bond motifs is 1. The Morgan fingerprint density at radius 2 is 1.77 bits per heavy atom. The molecule has 5 rings (SSSR count). The van der Waals surface area contributed by atoms with Gasteiger partial charge in [-0.3, -0.25) is 4.79 Å². The van der Waals surface area contributed by atoms with Gasteiger partial charge in [-0.15, -0.1) is 0 Å². The standard InChI is InChI=1S/C26H24F2N4O3/c27-17-11-18(28)13-20(12-17)35-19-7-5-15(6-8-19)23-21(9-10-22(33)34)24(16-3-1-2-4-16)32-25(23)26(29)30-14-31-32/h5-8,11-14,16H,1-4,9-10H2,(H,33,34)(H2,29,30,31). The van der Waals surface area contributed by atoms with E-state index in [4.69, 9.17) is 10.5 Å². The van der Waals surface area contributed by atoms with Crippen LogP contribution in [-0.4, -0.2) is 25.7 Å². The number of benzene rings is 2. The average Bonchev–Trinajstić information content (AvgIpc) is 3.44. The van der Waals surface area contributed by atoms with Gasteiger partial charge in [0.05, 0.1) is 0 Å². The number of carbonyl (C=O) groups is 1. The molecule has 0 saturated heterocycles. The van der Waals surface area contributed by atoms with Crippen LogP contribution in [0.2, 0.25) is 0 Å². The third kappa shape index (κ3) is 4.53. The molecule has 4 aromatic rings. The normalized spacial score (nSPS) is 14.0. The Morgan fingerprint density at radius 3 is 2.43 bits per heavy atom. The first-order valence-corrected chi connectivity index (χ1v) is 11.5. The first-order valence-electron chi connectivity index (χ1n) is 11.5. The number of carboxylic acids is 1. The Morgan fingerprint density at radius 1 is 1.09 bits per heavy atom. The lowest BCUT2D eigenvalue weighted by Crippen LogP contribution is -2.07. The van der Waals surface area contributed by atoms with Gasteiger partial charge in [0.15, 0.2) is 5.82 Å². The lowest BCUT2D eigenvalue weighted by Gasteiger charge is -2.13. The Kier molecular flexibility index (Phi) is 6.07. The fourth-order valence-corrected chi connectivity index (χ4v) is 5.01. The fraction of sp³-hybridized carbons (Fsp3) is 0.269. The molecule has 2 heterocycles. The second-order valence-corrected chi connectivity index (χ2v) is 8.75. The molecule has 0 radical (unpaired) electrons. The summed E-state index contributed by atoms with van der Waals surface area (Å²) in [6.45, 7) is 0. The summed E-state index contributed by atoms with van der Waals surface area (Å²) in [5.74, 6) is -1.31. The molecule has 0 spiro atoms. The van der Waals surface area contributed by atoms with Crippen LogP contribution in [-0.2, 0) is 11.2 Å². The third-order valence-electron chi connectivity index (χ3n) is 6.44. The molecule has 9 heteroatoms. The number of nitrogens with two attached hydrogens (primary N) is 1. The van der Waals surface area contributed by atoms with Crippen molar-refractivity contribution in [1.82, 2.24) is 14.6 Å². The van der Waals surface area contributed by atoms with Gasteiger partial charge < -0.3 is 15.6 Å². The van der Waals surface area contributed by atoms with Crippen LogP contribution in [0.25, 0.3) is 16.6 Å². The summed E-state index contributed by atoms with van der Waals surface area (Å²) >= 11 is 0. The molecule has 1 fully saturated rings.